The van der Waals surface area contributed by atoms with Gasteiger partial charge in [0.15, 0.2) is 5.11 Å². The zero-order valence-electron chi connectivity index (χ0n) is 15.5. The molecule has 3 aromatic carbocycles. The fourth-order valence-corrected chi connectivity index (χ4v) is 3.86. The first-order valence-corrected chi connectivity index (χ1v) is 11.2. The Hall–Kier alpha value is -1.57. The first-order chi connectivity index (χ1) is 14.2. The molecule has 0 aliphatic rings. The highest BCUT2D eigenvalue weighted by molar-refractivity contribution is 9.10. The predicted octanol–water partition coefficient (Wildman–Crippen LogP) is 5.94. The molecule has 0 aromatic heterocycles. The number of fused-ring (bicyclic) bond motifs is 1. The minimum absolute atomic E-state index is 0.131. The summed E-state index contributed by atoms with van der Waals surface area (Å²) in [7, 11) is 0. The van der Waals surface area contributed by atoms with E-state index in [-0.39, 0.29) is 17.4 Å². The molecule has 0 aliphatic carbocycles. The lowest BCUT2D eigenvalue weighted by Gasteiger charge is -2.28. The molecule has 4 nitrogen and oxygen atoms in total. The van der Waals surface area contributed by atoms with Gasteiger partial charge in [0.05, 0.1) is 6.42 Å². The minimum atomic E-state index is -1.82. The van der Waals surface area contributed by atoms with Gasteiger partial charge in [-0.05, 0) is 46.8 Å². The largest absolute Gasteiger partial charge is 0.339 e. The summed E-state index contributed by atoms with van der Waals surface area (Å²) in [4.78, 5) is 12.7. The Balaban J connectivity index is 1.68. The number of amides is 1. The van der Waals surface area contributed by atoms with Crippen molar-refractivity contribution in [2.75, 3.05) is 5.32 Å². The van der Waals surface area contributed by atoms with Crippen molar-refractivity contribution in [3.63, 3.8) is 0 Å². The van der Waals surface area contributed by atoms with E-state index in [1.165, 1.54) is 0 Å². The molecule has 0 saturated heterocycles. The van der Waals surface area contributed by atoms with Crippen molar-refractivity contribution in [1.82, 2.24) is 10.6 Å². The van der Waals surface area contributed by atoms with Crippen molar-refractivity contribution in [2.24, 2.45) is 0 Å². The van der Waals surface area contributed by atoms with Gasteiger partial charge in [0.1, 0.15) is 6.17 Å². The Kier molecular flexibility index (Phi) is 7.82. The van der Waals surface area contributed by atoms with Crippen LogP contribution in [0.1, 0.15) is 5.56 Å². The first-order valence-electron chi connectivity index (χ1n) is 8.88. The summed E-state index contributed by atoms with van der Waals surface area (Å²) in [5.41, 5.74) is 1.62. The molecule has 0 fully saturated rings. The number of anilines is 1. The van der Waals surface area contributed by atoms with Gasteiger partial charge in [0, 0.05) is 10.2 Å². The number of nitrogens with one attached hydrogen (secondary N) is 3. The summed E-state index contributed by atoms with van der Waals surface area (Å²) >= 11 is 26.9. The molecule has 3 aromatic rings. The molecule has 3 rings (SSSR count). The van der Waals surface area contributed by atoms with E-state index in [9.17, 15) is 4.79 Å². The van der Waals surface area contributed by atoms with Crippen LogP contribution in [0.25, 0.3) is 10.8 Å². The number of alkyl halides is 3. The molecule has 0 aliphatic heterocycles. The Morgan fingerprint density at radius 3 is 2.43 bits per heavy atom. The Morgan fingerprint density at radius 1 is 1.00 bits per heavy atom. The van der Waals surface area contributed by atoms with E-state index in [0.29, 0.717) is 0 Å². The van der Waals surface area contributed by atoms with Gasteiger partial charge in [-0.25, -0.2) is 0 Å². The quantitative estimate of drug-likeness (QED) is 0.211. The van der Waals surface area contributed by atoms with E-state index in [0.717, 1.165) is 26.5 Å². The van der Waals surface area contributed by atoms with Crippen molar-refractivity contribution in [3.8, 4) is 0 Å². The van der Waals surface area contributed by atoms with Gasteiger partial charge in [-0.15, -0.1) is 0 Å². The van der Waals surface area contributed by atoms with Gasteiger partial charge in [0.25, 0.3) is 0 Å². The highest BCUT2D eigenvalue weighted by Gasteiger charge is 2.34. The predicted molar refractivity (Wildman–Crippen MR) is 133 cm³/mol. The molecule has 0 saturated carbocycles. The van der Waals surface area contributed by atoms with E-state index in [1.54, 1.807) is 0 Å². The second kappa shape index (κ2) is 10.2. The molecule has 0 heterocycles. The number of carbonyl (C=O) groups is 1. The molecule has 0 spiro atoms. The van der Waals surface area contributed by atoms with Gasteiger partial charge in [-0.2, -0.15) is 0 Å². The van der Waals surface area contributed by atoms with E-state index in [2.05, 4.69) is 31.9 Å². The van der Waals surface area contributed by atoms with E-state index < -0.39 is 9.96 Å². The fraction of sp³-hybridized carbons (Fsp3) is 0.143. The van der Waals surface area contributed by atoms with Gasteiger partial charge in [-0.3, -0.25) is 4.79 Å². The van der Waals surface area contributed by atoms with Crippen molar-refractivity contribution < 1.29 is 4.79 Å². The molecule has 0 radical (unpaired) electrons. The summed E-state index contributed by atoms with van der Waals surface area (Å²) in [6, 6.07) is 21.1. The van der Waals surface area contributed by atoms with Crippen molar-refractivity contribution >= 4 is 90.4 Å². The molecule has 30 heavy (non-hydrogen) atoms. The van der Waals surface area contributed by atoms with Crippen LogP contribution in [0.5, 0.6) is 0 Å². The fourth-order valence-electron chi connectivity index (χ4n) is 2.90. The second-order valence-electron chi connectivity index (χ2n) is 6.47. The highest BCUT2D eigenvalue weighted by Crippen LogP contribution is 2.29. The third-order valence-corrected chi connectivity index (χ3v) is 5.59. The lowest BCUT2D eigenvalue weighted by molar-refractivity contribution is -0.121. The van der Waals surface area contributed by atoms with Crippen LogP contribution < -0.4 is 16.0 Å². The van der Waals surface area contributed by atoms with Gasteiger partial charge in [0.2, 0.25) is 9.70 Å². The van der Waals surface area contributed by atoms with Gasteiger partial charge < -0.3 is 16.0 Å². The summed E-state index contributed by atoms with van der Waals surface area (Å²) in [5.74, 6) is -0.305. The second-order valence-corrected chi connectivity index (χ2v) is 10.2. The lowest BCUT2D eigenvalue weighted by Crippen LogP contribution is -2.56. The van der Waals surface area contributed by atoms with Crippen molar-refractivity contribution in [2.45, 2.75) is 16.4 Å². The Labute approximate surface area is 203 Å². The summed E-state index contributed by atoms with van der Waals surface area (Å²) in [6.45, 7) is 0. The number of hydrogen-bond donors (Lipinski definition) is 3. The monoisotopic (exact) mass is 543 g/mol. The minimum Gasteiger partial charge on any atom is -0.339 e. The third kappa shape index (κ3) is 6.46. The van der Waals surface area contributed by atoms with Crippen LogP contribution in [0.3, 0.4) is 0 Å². The molecular formula is C21H17BrCl3N3OS. The standard InChI is InChI=1S/C21H17BrCl3N3OS/c22-15-8-4-9-16(12-15)26-20(30)28-19(21(23,24)25)27-18(29)11-14-7-3-6-13-5-1-2-10-17(13)14/h1-10,12,19H,11H2,(H,27,29)(H2,26,28,30)/t19-/m0/s1. The molecule has 0 unspecified atom stereocenters. The van der Waals surface area contributed by atoms with E-state index in [1.807, 2.05) is 66.7 Å². The lowest BCUT2D eigenvalue weighted by atomic mass is 10.0. The van der Waals surface area contributed by atoms with Crippen LogP contribution in [0, 0.1) is 0 Å². The third-order valence-electron chi connectivity index (χ3n) is 4.22. The molecule has 156 valence electrons. The van der Waals surface area contributed by atoms with Gasteiger partial charge in [-0.1, -0.05) is 99.3 Å². The van der Waals surface area contributed by atoms with Crippen LogP contribution in [0.2, 0.25) is 0 Å². The van der Waals surface area contributed by atoms with Crippen LogP contribution in [-0.2, 0) is 11.2 Å². The number of rotatable bonds is 5. The number of thiocarbonyl (C=S) groups is 1. The van der Waals surface area contributed by atoms with Crippen LogP contribution in [0.4, 0.5) is 5.69 Å². The Morgan fingerprint density at radius 2 is 1.70 bits per heavy atom. The van der Waals surface area contributed by atoms with Crippen molar-refractivity contribution in [1.29, 1.82) is 0 Å². The SMILES string of the molecule is O=C(Cc1cccc2ccccc12)N[C@@H](NC(=S)Nc1cccc(Br)c1)C(Cl)(Cl)Cl. The molecule has 0 bridgehead atoms. The highest BCUT2D eigenvalue weighted by atomic mass is 79.9. The number of benzene rings is 3. The molecule has 1 atom stereocenters. The normalized spacial score (nSPS) is 12.3. The zero-order valence-corrected chi connectivity index (χ0v) is 20.1. The van der Waals surface area contributed by atoms with E-state index >= 15 is 0 Å². The maximum Gasteiger partial charge on any atom is 0.228 e. The van der Waals surface area contributed by atoms with Gasteiger partial charge >= 0.3 is 0 Å². The zero-order chi connectivity index (χ0) is 21.7. The maximum absolute atomic E-state index is 12.7. The number of hydrogen-bond acceptors (Lipinski definition) is 2. The topological polar surface area (TPSA) is 53.2 Å². The summed E-state index contributed by atoms with van der Waals surface area (Å²) in [6.07, 6.45) is -0.899. The smallest absolute Gasteiger partial charge is 0.228 e. The molecule has 9 heteroatoms. The molecule has 3 N–H and O–H groups in total. The first kappa shape index (κ1) is 23.1. The van der Waals surface area contributed by atoms with Crippen molar-refractivity contribution in [3.05, 3.63) is 76.8 Å². The van der Waals surface area contributed by atoms with E-state index in [4.69, 9.17) is 47.0 Å². The summed E-state index contributed by atoms with van der Waals surface area (Å²) < 4.78 is -0.936. The Bertz CT molecular complexity index is 1070. The van der Waals surface area contributed by atoms with Crippen LogP contribution >= 0.6 is 63.0 Å². The molecular weight excluding hydrogens is 529 g/mol. The summed E-state index contributed by atoms with van der Waals surface area (Å²) in [5, 5.41) is 10.8. The maximum atomic E-state index is 12.7. The van der Waals surface area contributed by atoms with Crippen LogP contribution in [0.15, 0.2) is 71.2 Å². The molecule has 1 amide bonds. The number of halogens is 4. The average Bonchev–Trinajstić information content (AvgIpc) is 2.67. The number of carbonyl (C=O) groups excluding carboxylic acids is 1. The average molecular weight is 546 g/mol. The van der Waals surface area contributed by atoms with Crippen LogP contribution in [-0.4, -0.2) is 21.0 Å².